The van der Waals surface area contributed by atoms with Crippen LogP contribution in [-0.2, 0) is 5.33 Å². The summed E-state index contributed by atoms with van der Waals surface area (Å²) in [4.78, 5) is 2.15. The van der Waals surface area contributed by atoms with Gasteiger partial charge in [0.25, 0.3) is 0 Å². The Hall–Kier alpha value is -0.570. The average molecular weight is 302 g/mol. The maximum absolute atomic E-state index is 13.7. The van der Waals surface area contributed by atoms with E-state index in [0.29, 0.717) is 11.4 Å². The normalized spacial score (nSPS) is 13.6. The van der Waals surface area contributed by atoms with Crippen molar-refractivity contribution in [2.45, 2.75) is 39.1 Å². The van der Waals surface area contributed by atoms with E-state index in [4.69, 9.17) is 0 Å². The molecule has 1 unspecified atom stereocenters. The molecule has 1 atom stereocenters. The maximum atomic E-state index is 13.7. The predicted molar refractivity (Wildman–Crippen MR) is 76.4 cm³/mol. The number of halogens is 2. The van der Waals surface area contributed by atoms with Gasteiger partial charge in [0.2, 0.25) is 0 Å². The third-order valence-electron chi connectivity index (χ3n) is 3.44. The third kappa shape index (κ3) is 3.21. The van der Waals surface area contributed by atoms with E-state index in [1.54, 1.807) is 6.07 Å². The van der Waals surface area contributed by atoms with Crippen molar-refractivity contribution in [3.63, 3.8) is 0 Å². The van der Waals surface area contributed by atoms with Crippen molar-refractivity contribution in [3.05, 3.63) is 29.6 Å². The minimum Gasteiger partial charge on any atom is -0.371 e. The Bertz CT molecular complexity index is 384. The summed E-state index contributed by atoms with van der Waals surface area (Å²) in [6.45, 7) is 8.76. The standard InChI is InChI=1S/C14H21BrFN/c1-10(14(2,3)4)17(5)13-8-6-7-12(16)11(13)9-15/h6-8,10H,9H2,1-5H3. The number of alkyl halides is 1. The lowest BCUT2D eigenvalue weighted by Gasteiger charge is -2.37. The second-order valence-electron chi connectivity index (χ2n) is 5.52. The number of hydrogen-bond acceptors (Lipinski definition) is 1. The Morgan fingerprint density at radius 3 is 2.41 bits per heavy atom. The van der Waals surface area contributed by atoms with E-state index in [0.717, 1.165) is 11.3 Å². The third-order valence-corrected chi connectivity index (χ3v) is 4.00. The van der Waals surface area contributed by atoms with E-state index >= 15 is 0 Å². The summed E-state index contributed by atoms with van der Waals surface area (Å²) in [5.74, 6) is -0.146. The van der Waals surface area contributed by atoms with Crippen LogP contribution >= 0.6 is 15.9 Å². The Balaban J connectivity index is 3.12. The first kappa shape index (κ1) is 14.5. The van der Waals surface area contributed by atoms with E-state index in [1.165, 1.54) is 6.07 Å². The molecule has 17 heavy (non-hydrogen) atoms. The van der Waals surface area contributed by atoms with Crippen LogP contribution in [0.2, 0.25) is 0 Å². The molecule has 1 aromatic carbocycles. The fraction of sp³-hybridized carbons (Fsp3) is 0.571. The number of anilines is 1. The molecule has 0 amide bonds. The van der Waals surface area contributed by atoms with Crippen molar-refractivity contribution in [2.24, 2.45) is 5.41 Å². The molecule has 0 N–H and O–H groups in total. The molecule has 96 valence electrons. The monoisotopic (exact) mass is 301 g/mol. The van der Waals surface area contributed by atoms with Gasteiger partial charge in [-0.2, -0.15) is 0 Å². The molecule has 0 spiro atoms. The highest BCUT2D eigenvalue weighted by atomic mass is 79.9. The predicted octanol–water partition coefficient (Wildman–Crippen LogP) is 4.59. The van der Waals surface area contributed by atoms with Gasteiger partial charge in [0, 0.05) is 29.7 Å². The van der Waals surface area contributed by atoms with Crippen molar-refractivity contribution in [2.75, 3.05) is 11.9 Å². The van der Waals surface area contributed by atoms with Crippen LogP contribution < -0.4 is 4.90 Å². The minimum absolute atomic E-state index is 0.146. The van der Waals surface area contributed by atoms with E-state index in [1.807, 2.05) is 13.1 Å². The maximum Gasteiger partial charge on any atom is 0.129 e. The van der Waals surface area contributed by atoms with Gasteiger partial charge >= 0.3 is 0 Å². The number of nitrogens with zero attached hydrogens (tertiary/aromatic N) is 1. The zero-order chi connectivity index (χ0) is 13.2. The van der Waals surface area contributed by atoms with Gasteiger partial charge in [0.15, 0.2) is 0 Å². The van der Waals surface area contributed by atoms with Crippen LogP contribution in [0.4, 0.5) is 10.1 Å². The van der Waals surface area contributed by atoms with Crippen LogP contribution in [0.3, 0.4) is 0 Å². The first-order valence-electron chi connectivity index (χ1n) is 5.85. The van der Waals surface area contributed by atoms with Crippen LogP contribution in [0, 0.1) is 11.2 Å². The minimum atomic E-state index is -0.146. The van der Waals surface area contributed by atoms with Crippen LogP contribution in [0.25, 0.3) is 0 Å². The highest BCUT2D eigenvalue weighted by Gasteiger charge is 2.25. The lowest BCUT2D eigenvalue weighted by atomic mass is 9.86. The van der Waals surface area contributed by atoms with Crippen LogP contribution in [0.5, 0.6) is 0 Å². The Kier molecular flexibility index (Phi) is 4.59. The van der Waals surface area contributed by atoms with E-state index in [-0.39, 0.29) is 11.2 Å². The van der Waals surface area contributed by atoms with E-state index in [9.17, 15) is 4.39 Å². The van der Waals surface area contributed by atoms with Gasteiger partial charge < -0.3 is 4.90 Å². The zero-order valence-electron chi connectivity index (χ0n) is 11.2. The van der Waals surface area contributed by atoms with Crippen molar-refractivity contribution in [1.29, 1.82) is 0 Å². The first-order chi connectivity index (χ1) is 7.79. The fourth-order valence-electron chi connectivity index (χ4n) is 1.80. The molecule has 1 rings (SSSR count). The van der Waals surface area contributed by atoms with Crippen molar-refractivity contribution in [1.82, 2.24) is 0 Å². The van der Waals surface area contributed by atoms with Gasteiger partial charge in [-0.3, -0.25) is 0 Å². The van der Waals surface area contributed by atoms with E-state index < -0.39 is 0 Å². The number of rotatable bonds is 3. The average Bonchev–Trinajstić information content (AvgIpc) is 2.25. The lowest BCUT2D eigenvalue weighted by molar-refractivity contribution is 0.329. The molecule has 0 aliphatic carbocycles. The largest absolute Gasteiger partial charge is 0.371 e. The van der Waals surface area contributed by atoms with Gasteiger partial charge in [-0.15, -0.1) is 0 Å². The van der Waals surface area contributed by atoms with Crippen molar-refractivity contribution < 1.29 is 4.39 Å². The van der Waals surface area contributed by atoms with Gasteiger partial charge in [-0.25, -0.2) is 4.39 Å². The summed E-state index contributed by atoms with van der Waals surface area (Å²) in [5.41, 5.74) is 1.85. The molecular formula is C14H21BrFN. The van der Waals surface area contributed by atoms with Crippen molar-refractivity contribution >= 4 is 21.6 Å². The molecule has 1 aromatic rings. The summed E-state index contributed by atoms with van der Waals surface area (Å²) in [7, 11) is 2.02. The molecular weight excluding hydrogens is 281 g/mol. The molecule has 0 aliphatic rings. The van der Waals surface area contributed by atoms with Gasteiger partial charge in [-0.1, -0.05) is 42.8 Å². The quantitative estimate of drug-likeness (QED) is 0.738. The lowest BCUT2D eigenvalue weighted by Crippen LogP contribution is -2.39. The molecule has 0 saturated heterocycles. The molecule has 0 fully saturated rings. The van der Waals surface area contributed by atoms with Gasteiger partial charge in [0.1, 0.15) is 5.82 Å². The summed E-state index contributed by atoms with van der Waals surface area (Å²) in [6, 6.07) is 5.59. The molecule has 0 aromatic heterocycles. The smallest absolute Gasteiger partial charge is 0.129 e. The fourth-order valence-corrected chi connectivity index (χ4v) is 2.35. The Morgan fingerprint density at radius 1 is 1.35 bits per heavy atom. The van der Waals surface area contributed by atoms with Crippen LogP contribution in [0.1, 0.15) is 33.3 Å². The topological polar surface area (TPSA) is 3.24 Å². The molecule has 0 heterocycles. The van der Waals surface area contributed by atoms with Crippen LogP contribution in [-0.4, -0.2) is 13.1 Å². The molecule has 1 nitrogen and oxygen atoms in total. The molecule has 0 saturated carbocycles. The summed E-state index contributed by atoms with van der Waals surface area (Å²) >= 11 is 3.36. The second-order valence-corrected chi connectivity index (χ2v) is 6.08. The summed E-state index contributed by atoms with van der Waals surface area (Å²) in [5, 5.41) is 0.538. The first-order valence-corrected chi connectivity index (χ1v) is 6.97. The number of hydrogen-bond donors (Lipinski definition) is 0. The highest BCUT2D eigenvalue weighted by molar-refractivity contribution is 9.08. The molecule has 3 heteroatoms. The summed E-state index contributed by atoms with van der Waals surface area (Å²) < 4.78 is 13.7. The van der Waals surface area contributed by atoms with Crippen LogP contribution in [0.15, 0.2) is 18.2 Å². The zero-order valence-corrected chi connectivity index (χ0v) is 12.8. The second kappa shape index (κ2) is 5.38. The molecule has 0 radical (unpaired) electrons. The number of benzene rings is 1. The van der Waals surface area contributed by atoms with Gasteiger partial charge in [-0.05, 0) is 24.5 Å². The molecule has 0 aliphatic heterocycles. The summed E-state index contributed by atoms with van der Waals surface area (Å²) in [6.07, 6.45) is 0. The highest BCUT2D eigenvalue weighted by Crippen LogP contribution is 2.31. The Labute approximate surface area is 112 Å². The van der Waals surface area contributed by atoms with Gasteiger partial charge in [0.05, 0.1) is 0 Å². The van der Waals surface area contributed by atoms with E-state index in [2.05, 4.69) is 48.5 Å². The van der Waals surface area contributed by atoms with Crippen molar-refractivity contribution in [3.8, 4) is 0 Å². The SMILES string of the molecule is CC(N(C)c1cccc(F)c1CBr)C(C)(C)C. The Morgan fingerprint density at radius 2 is 1.94 bits per heavy atom. The molecule has 0 bridgehead atoms.